The topological polar surface area (TPSA) is 35.9 Å². The van der Waals surface area contributed by atoms with E-state index in [0.717, 1.165) is 54.6 Å². The normalized spacial score (nSPS) is 20.9. The molecule has 27 heavy (non-hydrogen) atoms. The number of rotatable bonds is 3. The fourth-order valence-electron chi connectivity index (χ4n) is 3.94. The Morgan fingerprint density at radius 2 is 1.67 bits per heavy atom. The minimum Gasteiger partial charge on any atom is -0.342 e. The van der Waals surface area contributed by atoms with Crippen LogP contribution in [0.3, 0.4) is 0 Å². The largest absolute Gasteiger partial charge is 0.342 e. The smallest absolute Gasteiger partial charge is 0.259 e. The lowest BCUT2D eigenvalue weighted by Crippen LogP contribution is -2.48. The van der Waals surface area contributed by atoms with Crippen LogP contribution < -0.4 is 4.90 Å². The van der Waals surface area contributed by atoms with E-state index < -0.39 is 0 Å². The quantitative estimate of drug-likeness (QED) is 0.827. The molecule has 4 rings (SSSR count). The first kappa shape index (κ1) is 17.8. The Bertz CT molecular complexity index is 838. The van der Waals surface area contributed by atoms with Crippen molar-refractivity contribution in [2.75, 3.05) is 18.0 Å². The first-order valence-electron chi connectivity index (χ1n) is 9.90. The SMILES string of the molecule is Cc1ccccc1N1C(=O)C(Cc2ccccc2)N=C1N1CCC(C)CC1. The second kappa shape index (κ2) is 7.55. The van der Waals surface area contributed by atoms with Gasteiger partial charge in [-0.2, -0.15) is 0 Å². The van der Waals surface area contributed by atoms with Crippen LogP contribution in [0.5, 0.6) is 0 Å². The number of hydrogen-bond donors (Lipinski definition) is 0. The highest BCUT2D eigenvalue weighted by molar-refractivity contribution is 6.22. The molecule has 1 saturated heterocycles. The van der Waals surface area contributed by atoms with Gasteiger partial charge in [-0.1, -0.05) is 55.5 Å². The molecule has 4 heteroatoms. The molecule has 1 amide bonds. The Hall–Kier alpha value is -2.62. The summed E-state index contributed by atoms with van der Waals surface area (Å²) in [7, 11) is 0. The summed E-state index contributed by atoms with van der Waals surface area (Å²) in [5.74, 6) is 1.66. The third-order valence-corrected chi connectivity index (χ3v) is 5.67. The Morgan fingerprint density at radius 1 is 1.00 bits per heavy atom. The number of aliphatic imine (C=N–C) groups is 1. The van der Waals surface area contributed by atoms with Gasteiger partial charge in [0.1, 0.15) is 6.04 Å². The number of aryl methyl sites for hydroxylation is 1. The molecule has 2 aliphatic heterocycles. The van der Waals surface area contributed by atoms with Gasteiger partial charge in [0, 0.05) is 19.5 Å². The molecule has 0 aliphatic carbocycles. The molecule has 1 fully saturated rings. The molecule has 140 valence electrons. The van der Waals surface area contributed by atoms with Crippen molar-refractivity contribution < 1.29 is 4.79 Å². The molecule has 2 aromatic carbocycles. The lowest BCUT2D eigenvalue weighted by molar-refractivity contribution is -0.118. The average molecular weight is 361 g/mol. The number of amides is 1. The summed E-state index contributed by atoms with van der Waals surface area (Å²) in [6, 6.07) is 17.9. The molecule has 0 radical (unpaired) electrons. The molecule has 1 atom stereocenters. The third-order valence-electron chi connectivity index (χ3n) is 5.67. The van der Waals surface area contributed by atoms with Crippen molar-refractivity contribution in [3.63, 3.8) is 0 Å². The number of nitrogens with zero attached hydrogens (tertiary/aromatic N) is 3. The number of anilines is 1. The molecular formula is C23H27N3O. The summed E-state index contributed by atoms with van der Waals surface area (Å²) in [6.45, 7) is 6.29. The van der Waals surface area contributed by atoms with Crippen molar-refractivity contribution in [3.8, 4) is 0 Å². The molecule has 4 nitrogen and oxygen atoms in total. The van der Waals surface area contributed by atoms with Crippen molar-refractivity contribution in [1.82, 2.24) is 4.90 Å². The van der Waals surface area contributed by atoms with Gasteiger partial charge >= 0.3 is 0 Å². The van der Waals surface area contributed by atoms with Gasteiger partial charge in [0.2, 0.25) is 5.96 Å². The highest BCUT2D eigenvalue weighted by atomic mass is 16.2. The summed E-state index contributed by atoms with van der Waals surface area (Å²) in [5.41, 5.74) is 3.21. The molecule has 1 unspecified atom stereocenters. The van der Waals surface area contributed by atoms with E-state index in [1.54, 1.807) is 0 Å². The van der Waals surface area contributed by atoms with E-state index in [9.17, 15) is 4.79 Å². The van der Waals surface area contributed by atoms with Crippen molar-refractivity contribution in [2.24, 2.45) is 10.9 Å². The molecule has 0 bridgehead atoms. The van der Waals surface area contributed by atoms with Gasteiger partial charge in [-0.05, 0) is 42.9 Å². The van der Waals surface area contributed by atoms with Gasteiger partial charge in [0.05, 0.1) is 5.69 Å². The minimum atomic E-state index is -0.346. The lowest BCUT2D eigenvalue weighted by Gasteiger charge is -2.35. The van der Waals surface area contributed by atoms with Gasteiger partial charge < -0.3 is 4.90 Å². The summed E-state index contributed by atoms with van der Waals surface area (Å²) >= 11 is 0. The summed E-state index contributed by atoms with van der Waals surface area (Å²) in [6.07, 6.45) is 2.95. The van der Waals surface area contributed by atoms with Gasteiger partial charge in [0.15, 0.2) is 0 Å². The Labute approximate surface area is 161 Å². The van der Waals surface area contributed by atoms with Gasteiger partial charge in [-0.15, -0.1) is 0 Å². The van der Waals surface area contributed by atoms with Crippen LogP contribution in [0.25, 0.3) is 0 Å². The highest BCUT2D eigenvalue weighted by Crippen LogP contribution is 2.29. The van der Waals surface area contributed by atoms with E-state index in [1.807, 2.05) is 41.3 Å². The lowest BCUT2D eigenvalue weighted by atomic mass is 9.99. The maximum Gasteiger partial charge on any atom is 0.259 e. The zero-order valence-electron chi connectivity index (χ0n) is 16.1. The molecular weight excluding hydrogens is 334 g/mol. The number of para-hydroxylation sites is 1. The molecule has 2 heterocycles. The van der Waals surface area contributed by atoms with Crippen molar-refractivity contribution in [2.45, 2.75) is 39.2 Å². The van der Waals surface area contributed by atoms with Gasteiger partial charge in [0.25, 0.3) is 5.91 Å². The average Bonchev–Trinajstić information content (AvgIpc) is 3.00. The van der Waals surface area contributed by atoms with Crippen molar-refractivity contribution in [1.29, 1.82) is 0 Å². The van der Waals surface area contributed by atoms with Gasteiger partial charge in [-0.3, -0.25) is 4.79 Å². The number of piperidine rings is 1. The van der Waals surface area contributed by atoms with Crippen LogP contribution in [0.15, 0.2) is 59.6 Å². The number of guanidine groups is 1. The Kier molecular flexibility index (Phi) is 4.97. The number of carbonyl (C=O) groups excluding carboxylic acids is 1. The number of benzene rings is 2. The van der Waals surface area contributed by atoms with Crippen LogP contribution in [-0.2, 0) is 11.2 Å². The van der Waals surface area contributed by atoms with Gasteiger partial charge in [-0.25, -0.2) is 9.89 Å². The Balaban J connectivity index is 1.67. The predicted molar refractivity (Wildman–Crippen MR) is 110 cm³/mol. The predicted octanol–water partition coefficient (Wildman–Crippen LogP) is 4.04. The molecule has 2 aliphatic rings. The maximum absolute atomic E-state index is 13.4. The van der Waals surface area contributed by atoms with Crippen LogP contribution in [0, 0.1) is 12.8 Å². The van der Waals surface area contributed by atoms with Crippen LogP contribution >= 0.6 is 0 Å². The standard InChI is InChI=1S/C23H27N3O/c1-17-12-14-25(15-13-17)23-24-20(16-19-9-4-3-5-10-19)22(27)26(23)21-11-7-6-8-18(21)2/h3-11,17,20H,12-16H2,1-2H3. The van der Waals surface area contributed by atoms with Crippen molar-refractivity contribution in [3.05, 3.63) is 65.7 Å². The first-order valence-corrected chi connectivity index (χ1v) is 9.90. The summed E-state index contributed by atoms with van der Waals surface area (Å²) in [4.78, 5) is 22.5. The third kappa shape index (κ3) is 3.61. The zero-order chi connectivity index (χ0) is 18.8. The molecule has 2 aromatic rings. The molecule has 0 aromatic heterocycles. The van der Waals surface area contributed by atoms with E-state index in [1.165, 1.54) is 0 Å². The van der Waals surface area contributed by atoms with Crippen LogP contribution in [-0.4, -0.2) is 35.9 Å². The summed E-state index contributed by atoms with van der Waals surface area (Å²) < 4.78 is 0. The molecule has 0 spiro atoms. The Morgan fingerprint density at radius 3 is 2.37 bits per heavy atom. The fraction of sp³-hybridized carbons (Fsp3) is 0.391. The zero-order valence-corrected chi connectivity index (χ0v) is 16.1. The first-order chi connectivity index (χ1) is 13.1. The van der Waals surface area contributed by atoms with E-state index in [-0.39, 0.29) is 11.9 Å². The monoisotopic (exact) mass is 361 g/mol. The molecule has 0 saturated carbocycles. The van der Waals surface area contributed by atoms with E-state index in [2.05, 4.69) is 36.9 Å². The van der Waals surface area contributed by atoms with E-state index in [0.29, 0.717) is 6.42 Å². The second-order valence-corrected chi connectivity index (χ2v) is 7.76. The highest BCUT2D eigenvalue weighted by Gasteiger charge is 2.39. The summed E-state index contributed by atoms with van der Waals surface area (Å²) in [5, 5.41) is 0. The van der Waals surface area contributed by atoms with E-state index >= 15 is 0 Å². The molecule has 0 N–H and O–H groups in total. The number of hydrogen-bond acceptors (Lipinski definition) is 3. The van der Waals surface area contributed by atoms with Crippen molar-refractivity contribution >= 4 is 17.6 Å². The fourth-order valence-corrected chi connectivity index (χ4v) is 3.94. The van der Waals surface area contributed by atoms with Crippen LogP contribution in [0.1, 0.15) is 30.9 Å². The number of likely N-dealkylation sites (tertiary alicyclic amines) is 1. The van der Waals surface area contributed by atoms with E-state index in [4.69, 9.17) is 4.99 Å². The maximum atomic E-state index is 13.4. The van der Waals surface area contributed by atoms with Crippen LogP contribution in [0.2, 0.25) is 0 Å². The minimum absolute atomic E-state index is 0.0850. The number of carbonyl (C=O) groups is 1. The second-order valence-electron chi connectivity index (χ2n) is 7.76. The van der Waals surface area contributed by atoms with Crippen LogP contribution in [0.4, 0.5) is 5.69 Å².